The van der Waals surface area contributed by atoms with Gasteiger partial charge in [0.1, 0.15) is 5.75 Å². The second-order valence-electron chi connectivity index (χ2n) is 6.60. The minimum Gasteiger partial charge on any atom is -0.493 e. The number of thiazole rings is 1. The predicted octanol–water partition coefficient (Wildman–Crippen LogP) is 5.02. The zero-order chi connectivity index (χ0) is 20.9. The summed E-state index contributed by atoms with van der Waals surface area (Å²) in [6.07, 6.45) is 0. The first-order valence-electron chi connectivity index (χ1n) is 9.42. The van der Waals surface area contributed by atoms with Gasteiger partial charge in [0, 0.05) is 28.9 Å². The normalized spacial score (nSPS) is 10.8. The lowest BCUT2D eigenvalue weighted by Crippen LogP contribution is -2.11. The Morgan fingerprint density at radius 2 is 1.83 bits per heavy atom. The number of nitrogens with one attached hydrogen (secondary N) is 1. The summed E-state index contributed by atoms with van der Waals surface area (Å²) in [5, 5.41) is 2.88. The summed E-state index contributed by atoms with van der Waals surface area (Å²) in [4.78, 5) is 25.5. The molecule has 5 nitrogen and oxygen atoms in total. The molecule has 4 rings (SSSR count). The molecule has 7 heteroatoms. The van der Waals surface area contributed by atoms with Crippen LogP contribution in [0.25, 0.3) is 10.2 Å². The van der Waals surface area contributed by atoms with E-state index in [1.807, 2.05) is 30.3 Å². The Bertz CT molecular complexity index is 1210. The minimum atomic E-state index is -0.205. The first-order chi connectivity index (χ1) is 14.6. The third-order valence-electron chi connectivity index (χ3n) is 4.53. The van der Waals surface area contributed by atoms with E-state index in [1.165, 1.54) is 4.90 Å². The van der Waals surface area contributed by atoms with Crippen LogP contribution in [0.4, 0.5) is 5.69 Å². The molecule has 0 saturated carbocycles. The fourth-order valence-corrected chi connectivity index (χ4v) is 4.62. The van der Waals surface area contributed by atoms with Gasteiger partial charge >= 0.3 is 4.87 Å². The maximum Gasteiger partial charge on any atom is 0.307 e. The van der Waals surface area contributed by atoms with Gasteiger partial charge in [0.25, 0.3) is 5.91 Å². The number of hydrogen-bond donors (Lipinski definition) is 1. The predicted molar refractivity (Wildman–Crippen MR) is 124 cm³/mol. The van der Waals surface area contributed by atoms with Gasteiger partial charge in [-0.3, -0.25) is 9.59 Å². The number of ether oxygens (including phenoxy) is 1. The summed E-state index contributed by atoms with van der Waals surface area (Å²) in [6, 6.07) is 22.7. The fraction of sp³-hybridized carbons (Fsp3) is 0.130. The third kappa shape index (κ3) is 4.75. The van der Waals surface area contributed by atoms with Crippen LogP contribution < -0.4 is 14.9 Å². The summed E-state index contributed by atoms with van der Waals surface area (Å²) in [5.74, 6) is 1.37. The van der Waals surface area contributed by atoms with E-state index in [9.17, 15) is 9.59 Å². The van der Waals surface area contributed by atoms with Crippen LogP contribution in [0, 0.1) is 0 Å². The molecule has 1 aromatic heterocycles. The van der Waals surface area contributed by atoms with Gasteiger partial charge in [-0.15, -0.1) is 11.8 Å². The topological polar surface area (TPSA) is 60.3 Å². The summed E-state index contributed by atoms with van der Waals surface area (Å²) in [6.45, 7) is 0.588. The zero-order valence-electron chi connectivity index (χ0n) is 16.3. The second-order valence-corrected chi connectivity index (χ2v) is 8.76. The molecule has 0 atom stereocenters. The molecular weight excluding hydrogens is 416 g/mol. The SMILES string of the molecule is Cn1c(=O)sc2cc(NC(=O)c3ccc(OCCSc4ccccc4)cc3)ccc21. The van der Waals surface area contributed by atoms with Gasteiger partial charge in [-0.1, -0.05) is 29.5 Å². The van der Waals surface area contributed by atoms with Crippen molar-refractivity contribution in [2.45, 2.75) is 4.90 Å². The Morgan fingerprint density at radius 1 is 1.07 bits per heavy atom. The molecule has 4 aromatic rings. The quantitative estimate of drug-likeness (QED) is 0.326. The molecule has 1 heterocycles. The van der Waals surface area contributed by atoms with Crippen LogP contribution in [0.15, 0.2) is 82.5 Å². The van der Waals surface area contributed by atoms with Crippen LogP contribution in [0.2, 0.25) is 0 Å². The lowest BCUT2D eigenvalue weighted by atomic mass is 10.2. The van der Waals surface area contributed by atoms with Gasteiger partial charge in [-0.25, -0.2) is 0 Å². The van der Waals surface area contributed by atoms with Crippen molar-refractivity contribution in [2.75, 3.05) is 17.7 Å². The molecule has 1 N–H and O–H groups in total. The van der Waals surface area contributed by atoms with Gasteiger partial charge in [0.05, 0.1) is 16.8 Å². The maximum atomic E-state index is 12.5. The van der Waals surface area contributed by atoms with Crippen molar-refractivity contribution >= 4 is 44.9 Å². The average molecular weight is 437 g/mol. The van der Waals surface area contributed by atoms with Crippen molar-refractivity contribution in [3.05, 3.63) is 88.0 Å². The number of rotatable bonds is 7. The molecule has 1 amide bonds. The van der Waals surface area contributed by atoms with E-state index in [0.29, 0.717) is 17.9 Å². The fourth-order valence-electron chi connectivity index (χ4n) is 2.95. The summed E-state index contributed by atoms with van der Waals surface area (Å²) < 4.78 is 8.20. The van der Waals surface area contributed by atoms with E-state index < -0.39 is 0 Å². The van der Waals surface area contributed by atoms with E-state index in [1.54, 1.807) is 53.7 Å². The molecule has 0 aliphatic rings. The molecule has 0 aliphatic heterocycles. The van der Waals surface area contributed by atoms with Gasteiger partial charge in [0.2, 0.25) is 0 Å². The summed E-state index contributed by atoms with van der Waals surface area (Å²) >= 11 is 2.91. The van der Waals surface area contributed by atoms with Crippen LogP contribution >= 0.6 is 23.1 Å². The standard InChI is InChI=1S/C23H20N2O3S2/c1-25-20-12-9-17(15-21(20)30-23(25)27)24-22(26)16-7-10-18(11-8-16)28-13-14-29-19-5-3-2-4-6-19/h2-12,15H,13-14H2,1H3,(H,24,26). The van der Waals surface area contributed by atoms with Crippen LogP contribution in [-0.2, 0) is 7.05 Å². The molecule has 152 valence electrons. The molecule has 0 spiro atoms. The van der Waals surface area contributed by atoms with Crippen LogP contribution in [0.1, 0.15) is 10.4 Å². The smallest absolute Gasteiger partial charge is 0.307 e. The second kappa shape index (κ2) is 9.19. The Balaban J connectivity index is 1.32. The number of hydrogen-bond acceptors (Lipinski definition) is 5. The molecule has 0 saturated heterocycles. The van der Waals surface area contributed by atoms with E-state index in [0.717, 1.165) is 33.1 Å². The molecule has 0 unspecified atom stereocenters. The number of amides is 1. The van der Waals surface area contributed by atoms with Crippen LogP contribution in [0.3, 0.4) is 0 Å². The Morgan fingerprint density at radius 3 is 2.60 bits per heavy atom. The maximum absolute atomic E-state index is 12.5. The molecule has 0 fully saturated rings. The van der Waals surface area contributed by atoms with Gasteiger partial charge in [0.15, 0.2) is 0 Å². The number of benzene rings is 3. The molecule has 0 aliphatic carbocycles. The van der Waals surface area contributed by atoms with E-state index in [-0.39, 0.29) is 10.8 Å². The Hall–Kier alpha value is -3.03. The van der Waals surface area contributed by atoms with Crippen molar-refractivity contribution in [2.24, 2.45) is 7.05 Å². The molecular formula is C23H20N2O3S2. The van der Waals surface area contributed by atoms with Gasteiger partial charge < -0.3 is 14.6 Å². The number of anilines is 1. The first kappa shape index (κ1) is 20.3. The highest BCUT2D eigenvalue weighted by Crippen LogP contribution is 2.22. The number of fused-ring (bicyclic) bond motifs is 1. The van der Waals surface area contributed by atoms with Crippen molar-refractivity contribution in [1.29, 1.82) is 0 Å². The Labute approximate surface area is 182 Å². The number of aromatic nitrogens is 1. The molecule has 0 bridgehead atoms. The summed E-state index contributed by atoms with van der Waals surface area (Å²) in [5.41, 5.74) is 2.06. The third-order valence-corrected chi connectivity index (χ3v) is 6.50. The van der Waals surface area contributed by atoms with Crippen molar-refractivity contribution in [3.63, 3.8) is 0 Å². The lowest BCUT2D eigenvalue weighted by molar-refractivity contribution is 0.102. The average Bonchev–Trinajstić information content (AvgIpc) is 3.05. The van der Waals surface area contributed by atoms with Crippen LogP contribution in [0.5, 0.6) is 5.75 Å². The zero-order valence-corrected chi connectivity index (χ0v) is 18.0. The first-order valence-corrected chi connectivity index (χ1v) is 11.2. The summed E-state index contributed by atoms with van der Waals surface area (Å²) in [7, 11) is 1.74. The van der Waals surface area contributed by atoms with E-state index in [4.69, 9.17) is 4.74 Å². The number of carbonyl (C=O) groups is 1. The van der Waals surface area contributed by atoms with Crippen molar-refractivity contribution in [3.8, 4) is 5.75 Å². The highest BCUT2D eigenvalue weighted by molar-refractivity contribution is 7.99. The number of thioether (sulfide) groups is 1. The highest BCUT2D eigenvalue weighted by Gasteiger charge is 2.09. The van der Waals surface area contributed by atoms with Crippen molar-refractivity contribution in [1.82, 2.24) is 4.57 Å². The lowest BCUT2D eigenvalue weighted by Gasteiger charge is -2.08. The molecule has 30 heavy (non-hydrogen) atoms. The minimum absolute atomic E-state index is 0.0220. The van der Waals surface area contributed by atoms with Crippen molar-refractivity contribution < 1.29 is 9.53 Å². The largest absolute Gasteiger partial charge is 0.493 e. The Kier molecular flexibility index (Phi) is 6.21. The van der Waals surface area contributed by atoms with E-state index >= 15 is 0 Å². The monoisotopic (exact) mass is 436 g/mol. The van der Waals surface area contributed by atoms with Crippen LogP contribution in [-0.4, -0.2) is 22.8 Å². The number of nitrogens with zero attached hydrogens (tertiary/aromatic N) is 1. The molecule has 3 aromatic carbocycles. The van der Waals surface area contributed by atoms with E-state index in [2.05, 4.69) is 17.4 Å². The van der Waals surface area contributed by atoms with Gasteiger partial charge in [-0.05, 0) is 54.6 Å². The number of aryl methyl sites for hydroxylation is 1. The highest BCUT2D eigenvalue weighted by atomic mass is 32.2. The molecule has 0 radical (unpaired) electrons. The number of carbonyl (C=O) groups excluding carboxylic acids is 1. The van der Waals surface area contributed by atoms with Gasteiger partial charge in [-0.2, -0.15) is 0 Å².